The number of hydrogen-bond donors (Lipinski definition) is 0. The molecule has 0 heterocycles. The molecule has 0 amide bonds. The van der Waals surface area contributed by atoms with Crippen LogP contribution in [0.15, 0.2) is 0 Å². The van der Waals surface area contributed by atoms with Crippen LogP contribution in [0.25, 0.3) is 0 Å². The molecule has 2 rings (SSSR count). The first-order valence-corrected chi connectivity index (χ1v) is 6.68. The molecule has 0 aromatic rings. The average Bonchev–Trinajstić information content (AvgIpc) is 2.58. The van der Waals surface area contributed by atoms with E-state index in [0.717, 1.165) is 12.8 Å². The van der Waals surface area contributed by atoms with E-state index in [1.165, 1.54) is 7.11 Å². The van der Waals surface area contributed by atoms with Gasteiger partial charge < -0.3 is 4.74 Å². The van der Waals surface area contributed by atoms with Crippen molar-refractivity contribution in [3.8, 4) is 0 Å². The molecule has 16 heavy (non-hydrogen) atoms. The topological polar surface area (TPSA) is 43.4 Å². The third-order valence-electron chi connectivity index (χ3n) is 5.17. The van der Waals surface area contributed by atoms with Crippen LogP contribution < -0.4 is 0 Å². The number of methoxy groups -OCH3 is 1. The molecular weight excluding hydrogens is 272 g/mol. The maximum absolute atomic E-state index is 12.2. The van der Waals surface area contributed by atoms with Gasteiger partial charge in [-0.25, -0.2) is 0 Å². The Hall–Kier alpha value is -0.380. The van der Waals surface area contributed by atoms with Gasteiger partial charge in [-0.3, -0.25) is 9.59 Å². The van der Waals surface area contributed by atoms with E-state index in [4.69, 9.17) is 4.74 Å². The molecule has 2 aliphatic rings. The summed E-state index contributed by atoms with van der Waals surface area (Å²) in [5.74, 6) is -0.00259. The van der Waals surface area contributed by atoms with Gasteiger partial charge in [-0.15, -0.1) is 0 Å². The molecule has 0 radical (unpaired) electrons. The molecule has 0 unspecified atom stereocenters. The number of hydrogen-bond acceptors (Lipinski definition) is 3. The molecule has 90 valence electrons. The molecular formula is C12H17BrO3. The Labute approximate surface area is 104 Å². The van der Waals surface area contributed by atoms with Gasteiger partial charge in [0.25, 0.3) is 0 Å². The molecule has 0 aliphatic heterocycles. The van der Waals surface area contributed by atoms with Gasteiger partial charge in [-0.2, -0.15) is 0 Å². The highest BCUT2D eigenvalue weighted by Crippen LogP contribution is 2.71. The highest BCUT2D eigenvalue weighted by Gasteiger charge is 2.74. The van der Waals surface area contributed by atoms with Crippen LogP contribution in [-0.4, -0.2) is 24.2 Å². The minimum atomic E-state index is -0.591. The highest BCUT2D eigenvalue weighted by molar-refractivity contribution is 9.09. The van der Waals surface area contributed by atoms with Crippen molar-refractivity contribution in [2.75, 3.05) is 12.4 Å². The van der Waals surface area contributed by atoms with Gasteiger partial charge in [0.2, 0.25) is 0 Å². The van der Waals surface area contributed by atoms with E-state index in [0.29, 0.717) is 11.8 Å². The first kappa shape index (κ1) is 12.1. The third-order valence-corrected chi connectivity index (χ3v) is 6.13. The van der Waals surface area contributed by atoms with Gasteiger partial charge >= 0.3 is 5.97 Å². The summed E-state index contributed by atoms with van der Waals surface area (Å²) in [5, 5.41) is 0.643. The Kier molecular flexibility index (Phi) is 2.50. The average molecular weight is 289 g/mol. The van der Waals surface area contributed by atoms with Crippen molar-refractivity contribution in [3.05, 3.63) is 0 Å². The summed E-state index contributed by atoms with van der Waals surface area (Å²) in [6.45, 7) is 4.06. The monoisotopic (exact) mass is 288 g/mol. The molecule has 2 atom stereocenters. The van der Waals surface area contributed by atoms with Gasteiger partial charge in [0.05, 0.1) is 12.5 Å². The van der Waals surface area contributed by atoms with Crippen LogP contribution in [0.1, 0.15) is 33.1 Å². The number of halogens is 1. The molecule has 4 heteroatoms. The summed E-state index contributed by atoms with van der Waals surface area (Å²) in [6.07, 6.45) is 1.90. The van der Waals surface area contributed by atoms with Gasteiger partial charge in [0.15, 0.2) is 0 Å². The number of alkyl halides is 1. The van der Waals surface area contributed by atoms with E-state index in [1.807, 2.05) is 13.8 Å². The number of carbonyl (C=O) groups is 2. The normalized spacial score (nSPS) is 40.1. The van der Waals surface area contributed by atoms with E-state index in [2.05, 4.69) is 15.9 Å². The SMILES string of the molecule is COC(=O)[C@@]12CC[C@@](CBr)(C(=O)C1)C2(C)C. The lowest BCUT2D eigenvalue weighted by Gasteiger charge is -2.38. The first-order valence-electron chi connectivity index (χ1n) is 5.56. The number of ether oxygens (including phenoxy) is 1. The maximum Gasteiger partial charge on any atom is 0.312 e. The van der Waals surface area contributed by atoms with Crippen LogP contribution in [0.5, 0.6) is 0 Å². The second-order valence-electron chi connectivity index (χ2n) is 5.51. The lowest BCUT2D eigenvalue weighted by molar-refractivity contribution is -0.158. The number of fused-ring (bicyclic) bond motifs is 2. The number of carbonyl (C=O) groups excluding carboxylic acids is 2. The Morgan fingerprint density at radius 1 is 1.44 bits per heavy atom. The van der Waals surface area contributed by atoms with E-state index < -0.39 is 5.41 Å². The molecule has 0 saturated heterocycles. The summed E-state index contributed by atoms with van der Waals surface area (Å²) in [5.41, 5.74) is -1.28. The largest absolute Gasteiger partial charge is 0.469 e. The lowest BCUT2D eigenvalue weighted by Crippen LogP contribution is -2.43. The highest BCUT2D eigenvalue weighted by atomic mass is 79.9. The molecule has 3 nitrogen and oxygen atoms in total. The quantitative estimate of drug-likeness (QED) is 0.579. The van der Waals surface area contributed by atoms with Gasteiger partial charge in [-0.1, -0.05) is 29.8 Å². The summed E-state index contributed by atoms with van der Waals surface area (Å²) in [7, 11) is 1.41. The zero-order valence-electron chi connectivity index (χ0n) is 9.93. The van der Waals surface area contributed by atoms with Crippen molar-refractivity contribution in [2.45, 2.75) is 33.1 Å². The van der Waals surface area contributed by atoms with Gasteiger partial charge in [0, 0.05) is 17.2 Å². The van der Waals surface area contributed by atoms with Crippen LogP contribution in [0.3, 0.4) is 0 Å². The lowest BCUT2D eigenvalue weighted by atomic mass is 9.65. The molecule has 0 spiro atoms. The molecule has 2 bridgehead atoms. The minimum absolute atomic E-state index is 0.214. The second-order valence-corrected chi connectivity index (χ2v) is 6.08. The van der Waals surface area contributed by atoms with E-state index in [9.17, 15) is 9.59 Å². The molecule has 2 saturated carbocycles. The van der Waals surface area contributed by atoms with Gasteiger partial charge in [0.1, 0.15) is 5.78 Å². The van der Waals surface area contributed by atoms with Crippen molar-refractivity contribution >= 4 is 27.7 Å². The zero-order chi connectivity index (χ0) is 12.2. The van der Waals surface area contributed by atoms with Crippen molar-refractivity contribution < 1.29 is 14.3 Å². The van der Waals surface area contributed by atoms with Crippen molar-refractivity contribution in [1.82, 2.24) is 0 Å². The minimum Gasteiger partial charge on any atom is -0.469 e. The van der Waals surface area contributed by atoms with E-state index in [-0.39, 0.29) is 22.6 Å². The Morgan fingerprint density at radius 3 is 2.44 bits per heavy atom. The number of esters is 1. The van der Waals surface area contributed by atoms with Gasteiger partial charge in [-0.05, 0) is 18.3 Å². The standard InChI is InChI=1S/C12H17BrO3/c1-10(2)11(9(15)16-3)4-5-12(10,7-13)8(14)6-11/h4-7H2,1-3H3/t11-,12-/m1/s1. The summed E-state index contributed by atoms with van der Waals surface area (Å²) in [4.78, 5) is 24.2. The van der Waals surface area contributed by atoms with Crippen molar-refractivity contribution in [2.24, 2.45) is 16.2 Å². The Morgan fingerprint density at radius 2 is 2.06 bits per heavy atom. The summed E-state index contributed by atoms with van der Waals surface area (Å²) < 4.78 is 4.92. The molecule has 2 aliphatic carbocycles. The summed E-state index contributed by atoms with van der Waals surface area (Å²) >= 11 is 3.46. The second kappa shape index (κ2) is 3.31. The van der Waals surface area contributed by atoms with Crippen LogP contribution in [0.4, 0.5) is 0 Å². The molecule has 0 N–H and O–H groups in total. The molecule has 0 aromatic carbocycles. The fraction of sp³-hybridized carbons (Fsp3) is 0.833. The number of Topliss-reactive ketones (excluding diaryl/α,β-unsaturated/α-hetero) is 1. The molecule has 0 aromatic heterocycles. The van der Waals surface area contributed by atoms with Crippen LogP contribution >= 0.6 is 15.9 Å². The third kappa shape index (κ3) is 0.998. The molecule has 2 fully saturated rings. The number of ketones is 1. The smallest absolute Gasteiger partial charge is 0.312 e. The predicted octanol–water partition coefficient (Wildman–Crippen LogP) is 2.32. The van der Waals surface area contributed by atoms with Crippen molar-refractivity contribution in [1.29, 1.82) is 0 Å². The van der Waals surface area contributed by atoms with Crippen LogP contribution in [0, 0.1) is 16.2 Å². The Balaban J connectivity index is 2.54. The Bertz CT molecular complexity index is 361. The summed E-state index contributed by atoms with van der Waals surface area (Å²) in [6, 6.07) is 0. The predicted molar refractivity (Wildman–Crippen MR) is 63.3 cm³/mol. The van der Waals surface area contributed by atoms with Crippen molar-refractivity contribution in [3.63, 3.8) is 0 Å². The number of rotatable bonds is 2. The fourth-order valence-electron chi connectivity index (χ4n) is 3.68. The zero-order valence-corrected chi connectivity index (χ0v) is 11.5. The van der Waals surface area contributed by atoms with E-state index >= 15 is 0 Å². The van der Waals surface area contributed by atoms with Crippen LogP contribution in [0.2, 0.25) is 0 Å². The maximum atomic E-state index is 12.2. The fourth-order valence-corrected chi connectivity index (χ4v) is 4.98. The van der Waals surface area contributed by atoms with E-state index in [1.54, 1.807) is 0 Å². The first-order chi connectivity index (χ1) is 7.38. The van der Waals surface area contributed by atoms with Crippen LogP contribution in [-0.2, 0) is 14.3 Å².